The van der Waals surface area contributed by atoms with Crippen molar-refractivity contribution in [3.8, 4) is 0 Å². The quantitative estimate of drug-likeness (QED) is 0.759. The number of likely N-dealkylation sites (N-methyl/N-ethyl adjacent to an activating group) is 1. The fourth-order valence-corrected chi connectivity index (χ4v) is 1.60. The van der Waals surface area contributed by atoms with Gasteiger partial charge in [-0.25, -0.2) is 4.79 Å². The van der Waals surface area contributed by atoms with Crippen molar-refractivity contribution in [3.63, 3.8) is 0 Å². The summed E-state index contributed by atoms with van der Waals surface area (Å²) in [6.07, 6.45) is 0.576. The first-order valence-electron chi connectivity index (χ1n) is 5.93. The van der Waals surface area contributed by atoms with E-state index in [2.05, 4.69) is 24.1 Å². The fourth-order valence-electron chi connectivity index (χ4n) is 1.60. The monoisotopic (exact) mass is 230 g/mol. The van der Waals surface area contributed by atoms with Crippen molar-refractivity contribution in [1.82, 2.24) is 10.2 Å². The molecule has 0 aliphatic carbocycles. The van der Waals surface area contributed by atoms with E-state index in [1.54, 1.807) is 0 Å². The lowest BCUT2D eigenvalue weighted by Crippen LogP contribution is -2.43. The third-order valence-electron chi connectivity index (χ3n) is 2.01. The molecular formula is C12H26N2O2. The lowest BCUT2D eigenvalue weighted by atomic mass is 10.0. The molecule has 1 amide bonds. The van der Waals surface area contributed by atoms with Crippen LogP contribution < -0.4 is 5.32 Å². The van der Waals surface area contributed by atoms with Crippen molar-refractivity contribution in [2.24, 2.45) is 5.92 Å². The van der Waals surface area contributed by atoms with Gasteiger partial charge in [0.15, 0.2) is 0 Å². The highest BCUT2D eigenvalue weighted by Crippen LogP contribution is 2.06. The van der Waals surface area contributed by atoms with Crippen LogP contribution in [0.15, 0.2) is 0 Å². The first-order valence-corrected chi connectivity index (χ1v) is 5.93. The van der Waals surface area contributed by atoms with E-state index in [1.807, 2.05) is 27.9 Å². The summed E-state index contributed by atoms with van der Waals surface area (Å²) in [4.78, 5) is 13.5. The van der Waals surface area contributed by atoms with E-state index in [-0.39, 0.29) is 18.2 Å². The van der Waals surface area contributed by atoms with Crippen LogP contribution in [-0.2, 0) is 4.74 Å². The Hall–Kier alpha value is -0.770. The minimum Gasteiger partial charge on any atom is -0.447 e. The number of carbonyl (C=O) groups is 1. The molecule has 4 nitrogen and oxygen atoms in total. The van der Waals surface area contributed by atoms with Gasteiger partial charge in [0.1, 0.15) is 0 Å². The molecule has 1 N–H and O–H groups in total. The lowest BCUT2D eigenvalue weighted by Gasteiger charge is -2.24. The largest absolute Gasteiger partial charge is 0.447 e. The summed E-state index contributed by atoms with van der Waals surface area (Å²) in [5.74, 6) is 0.560. The van der Waals surface area contributed by atoms with E-state index < -0.39 is 0 Å². The van der Waals surface area contributed by atoms with Crippen LogP contribution in [0.5, 0.6) is 0 Å². The third-order valence-corrected chi connectivity index (χ3v) is 2.01. The number of hydrogen-bond donors (Lipinski definition) is 1. The van der Waals surface area contributed by atoms with Gasteiger partial charge >= 0.3 is 6.09 Å². The molecule has 0 heterocycles. The summed E-state index contributed by atoms with van der Waals surface area (Å²) in [5, 5.41) is 2.91. The van der Waals surface area contributed by atoms with Crippen molar-refractivity contribution in [2.45, 2.75) is 46.3 Å². The van der Waals surface area contributed by atoms with Gasteiger partial charge in [0.05, 0.1) is 6.10 Å². The molecular weight excluding hydrogens is 204 g/mol. The predicted molar refractivity (Wildman–Crippen MR) is 66.5 cm³/mol. The zero-order valence-electron chi connectivity index (χ0n) is 11.4. The molecule has 0 saturated heterocycles. The van der Waals surface area contributed by atoms with Crippen molar-refractivity contribution in [2.75, 3.05) is 20.6 Å². The molecule has 0 aromatic heterocycles. The average molecular weight is 230 g/mol. The number of hydrogen-bond acceptors (Lipinski definition) is 3. The van der Waals surface area contributed by atoms with Gasteiger partial charge in [0.25, 0.3) is 0 Å². The van der Waals surface area contributed by atoms with Crippen LogP contribution in [0.2, 0.25) is 0 Å². The number of ether oxygens (including phenoxy) is 1. The smallest absolute Gasteiger partial charge is 0.407 e. The Kier molecular flexibility index (Phi) is 7.13. The number of nitrogens with zero attached hydrogens (tertiary/aromatic N) is 1. The maximum Gasteiger partial charge on any atom is 0.407 e. The Balaban J connectivity index is 4.13. The van der Waals surface area contributed by atoms with Gasteiger partial charge in [-0.05, 0) is 40.3 Å². The molecule has 1 unspecified atom stereocenters. The van der Waals surface area contributed by atoms with Gasteiger partial charge in [-0.15, -0.1) is 0 Å². The van der Waals surface area contributed by atoms with Crippen molar-refractivity contribution in [3.05, 3.63) is 0 Å². The Morgan fingerprint density at radius 3 is 2.19 bits per heavy atom. The summed E-state index contributed by atoms with van der Waals surface area (Å²) in [6, 6.07) is 0.154. The molecule has 16 heavy (non-hydrogen) atoms. The van der Waals surface area contributed by atoms with Crippen LogP contribution in [0, 0.1) is 5.92 Å². The number of alkyl carbamates (subject to hydrolysis) is 1. The number of carbonyl (C=O) groups excluding carboxylic acids is 1. The van der Waals surface area contributed by atoms with Gasteiger partial charge < -0.3 is 15.0 Å². The Morgan fingerprint density at radius 1 is 1.25 bits per heavy atom. The highest BCUT2D eigenvalue weighted by molar-refractivity contribution is 5.67. The molecule has 4 heteroatoms. The molecule has 0 spiro atoms. The fraction of sp³-hybridized carbons (Fsp3) is 0.917. The third kappa shape index (κ3) is 8.53. The van der Waals surface area contributed by atoms with Crippen LogP contribution in [0.4, 0.5) is 4.79 Å². The second-order valence-corrected chi connectivity index (χ2v) is 5.19. The van der Waals surface area contributed by atoms with Crippen LogP contribution in [0.25, 0.3) is 0 Å². The molecule has 0 rings (SSSR count). The topological polar surface area (TPSA) is 41.6 Å². The molecule has 0 aliphatic rings. The molecule has 0 bridgehead atoms. The SMILES string of the molecule is CC(C)CC(CN(C)C)NC(=O)OC(C)C. The predicted octanol–water partition coefficient (Wildman–Crippen LogP) is 2.10. The highest BCUT2D eigenvalue weighted by atomic mass is 16.6. The van der Waals surface area contributed by atoms with Gasteiger partial charge in [-0.3, -0.25) is 0 Å². The molecule has 0 saturated carbocycles. The second kappa shape index (κ2) is 7.49. The van der Waals surface area contributed by atoms with E-state index >= 15 is 0 Å². The van der Waals surface area contributed by atoms with Gasteiger partial charge in [-0.2, -0.15) is 0 Å². The van der Waals surface area contributed by atoms with E-state index in [9.17, 15) is 4.79 Å². The Morgan fingerprint density at radius 2 is 1.81 bits per heavy atom. The van der Waals surface area contributed by atoms with Gasteiger partial charge in [-0.1, -0.05) is 13.8 Å². The number of amides is 1. The molecule has 1 atom stereocenters. The van der Waals surface area contributed by atoms with Crippen LogP contribution in [0.1, 0.15) is 34.1 Å². The summed E-state index contributed by atoms with van der Waals surface area (Å²) in [6.45, 7) is 8.84. The normalized spacial score (nSPS) is 13.3. The first-order chi connectivity index (χ1) is 7.31. The average Bonchev–Trinajstić information content (AvgIpc) is 1.97. The standard InChI is InChI=1S/C12H26N2O2/c1-9(2)7-11(8-14(5)6)13-12(15)16-10(3)4/h9-11H,7-8H2,1-6H3,(H,13,15). The molecule has 0 aliphatic heterocycles. The zero-order chi connectivity index (χ0) is 12.7. The summed E-state index contributed by atoms with van der Waals surface area (Å²) in [7, 11) is 4.01. The molecule has 0 fully saturated rings. The lowest BCUT2D eigenvalue weighted by molar-refractivity contribution is 0.109. The van der Waals surface area contributed by atoms with Crippen molar-refractivity contribution < 1.29 is 9.53 Å². The van der Waals surface area contributed by atoms with Gasteiger partial charge in [0.2, 0.25) is 0 Å². The van der Waals surface area contributed by atoms with Crippen molar-refractivity contribution in [1.29, 1.82) is 0 Å². The maximum absolute atomic E-state index is 11.5. The summed E-state index contributed by atoms with van der Waals surface area (Å²) in [5.41, 5.74) is 0. The number of nitrogens with one attached hydrogen (secondary N) is 1. The van der Waals surface area contributed by atoms with Crippen LogP contribution in [0.3, 0.4) is 0 Å². The summed E-state index contributed by atoms with van der Waals surface area (Å²) >= 11 is 0. The zero-order valence-corrected chi connectivity index (χ0v) is 11.4. The molecule has 96 valence electrons. The number of rotatable bonds is 6. The Bertz CT molecular complexity index is 193. The van der Waals surface area contributed by atoms with Crippen LogP contribution in [-0.4, -0.2) is 43.8 Å². The van der Waals surface area contributed by atoms with Gasteiger partial charge in [0, 0.05) is 12.6 Å². The van der Waals surface area contributed by atoms with E-state index in [4.69, 9.17) is 4.74 Å². The minimum atomic E-state index is -0.317. The maximum atomic E-state index is 11.5. The summed E-state index contributed by atoms with van der Waals surface area (Å²) < 4.78 is 5.08. The molecule has 0 radical (unpaired) electrons. The second-order valence-electron chi connectivity index (χ2n) is 5.19. The minimum absolute atomic E-state index is 0.0703. The first kappa shape index (κ1) is 15.2. The highest BCUT2D eigenvalue weighted by Gasteiger charge is 2.16. The van der Waals surface area contributed by atoms with Crippen LogP contribution >= 0.6 is 0 Å². The van der Waals surface area contributed by atoms with E-state index in [0.29, 0.717) is 5.92 Å². The Labute approximate surface area is 99.3 Å². The molecule has 0 aromatic carbocycles. The van der Waals surface area contributed by atoms with E-state index in [0.717, 1.165) is 13.0 Å². The van der Waals surface area contributed by atoms with Crippen molar-refractivity contribution >= 4 is 6.09 Å². The van der Waals surface area contributed by atoms with E-state index in [1.165, 1.54) is 0 Å². The molecule has 0 aromatic rings.